The molecule has 0 radical (unpaired) electrons. The van der Waals surface area contributed by atoms with Crippen LogP contribution in [0.5, 0.6) is 0 Å². The lowest BCUT2D eigenvalue weighted by Crippen LogP contribution is -2.40. The highest BCUT2D eigenvalue weighted by Crippen LogP contribution is 2.33. The minimum absolute atomic E-state index is 0.00551. The van der Waals surface area contributed by atoms with E-state index in [4.69, 9.17) is 4.98 Å². The van der Waals surface area contributed by atoms with Gasteiger partial charge in [0.2, 0.25) is 6.41 Å². The molecule has 0 fully saturated rings. The second-order valence-electron chi connectivity index (χ2n) is 8.86. The summed E-state index contributed by atoms with van der Waals surface area (Å²) >= 11 is 0. The zero-order valence-electron chi connectivity index (χ0n) is 19.2. The van der Waals surface area contributed by atoms with Crippen molar-refractivity contribution in [1.82, 2.24) is 15.2 Å². The molecular formula is C25H31N5O4. The van der Waals surface area contributed by atoms with Crippen LogP contribution in [-0.4, -0.2) is 53.0 Å². The van der Waals surface area contributed by atoms with Crippen LogP contribution in [0.15, 0.2) is 30.3 Å². The van der Waals surface area contributed by atoms with Crippen LogP contribution in [0, 0.1) is 0 Å². The molecular weight excluding hydrogens is 434 g/mol. The minimum Gasteiger partial charge on any atom is -0.481 e. The fourth-order valence-corrected chi connectivity index (χ4v) is 4.73. The average Bonchev–Trinajstić information content (AvgIpc) is 3.00. The summed E-state index contributed by atoms with van der Waals surface area (Å²) < 4.78 is 0. The number of aryl methyl sites for hydroxylation is 2. The first kappa shape index (κ1) is 23.5. The number of aliphatic carboxylic acids is 1. The predicted octanol–water partition coefficient (Wildman–Crippen LogP) is 3.11. The lowest BCUT2D eigenvalue weighted by molar-refractivity contribution is -0.137. The van der Waals surface area contributed by atoms with Crippen molar-refractivity contribution < 1.29 is 19.5 Å². The van der Waals surface area contributed by atoms with Crippen LogP contribution in [0.4, 0.5) is 16.3 Å². The molecule has 4 N–H and O–H groups in total. The van der Waals surface area contributed by atoms with Crippen LogP contribution in [0.25, 0.3) is 0 Å². The van der Waals surface area contributed by atoms with Crippen molar-refractivity contribution in [2.45, 2.75) is 51.0 Å². The number of fused-ring (bicyclic) bond motifs is 2. The molecule has 0 aliphatic carbocycles. The molecule has 9 heteroatoms. The Morgan fingerprint density at radius 3 is 2.94 bits per heavy atom. The Balaban J connectivity index is 1.35. The van der Waals surface area contributed by atoms with Gasteiger partial charge in [-0.25, -0.2) is 9.78 Å². The van der Waals surface area contributed by atoms with Gasteiger partial charge in [0, 0.05) is 37.6 Å². The summed E-state index contributed by atoms with van der Waals surface area (Å²) in [7, 11) is 0. The summed E-state index contributed by atoms with van der Waals surface area (Å²) in [6, 6.07) is 9.47. The first-order valence-corrected chi connectivity index (χ1v) is 11.8. The molecule has 2 aliphatic rings. The fourth-order valence-electron chi connectivity index (χ4n) is 4.73. The van der Waals surface area contributed by atoms with Crippen molar-refractivity contribution in [3.05, 3.63) is 52.7 Å². The maximum absolute atomic E-state index is 12.9. The van der Waals surface area contributed by atoms with Crippen LogP contribution in [0.3, 0.4) is 0 Å². The molecule has 4 rings (SSSR count). The number of rotatable bonds is 8. The van der Waals surface area contributed by atoms with E-state index >= 15 is 0 Å². The Bertz CT molecular complexity index is 1060. The first-order valence-electron chi connectivity index (χ1n) is 11.8. The van der Waals surface area contributed by atoms with Crippen molar-refractivity contribution in [3.63, 3.8) is 0 Å². The summed E-state index contributed by atoms with van der Waals surface area (Å²) in [4.78, 5) is 41.5. The Hall–Kier alpha value is -3.62. The van der Waals surface area contributed by atoms with Crippen molar-refractivity contribution >= 4 is 29.9 Å². The minimum atomic E-state index is -0.866. The summed E-state index contributed by atoms with van der Waals surface area (Å²) in [5.74, 6) is -0.0652. The second-order valence-corrected chi connectivity index (χ2v) is 8.86. The number of hydrogen-bond donors (Lipinski definition) is 4. The summed E-state index contributed by atoms with van der Waals surface area (Å²) in [5, 5.41) is 18.3. The third-order valence-electron chi connectivity index (χ3n) is 6.46. The van der Waals surface area contributed by atoms with E-state index in [2.05, 4.69) is 28.1 Å². The number of amides is 3. The molecule has 0 bridgehead atoms. The monoisotopic (exact) mass is 465 g/mol. The van der Waals surface area contributed by atoms with Crippen LogP contribution < -0.4 is 16.0 Å². The Kier molecular flexibility index (Phi) is 7.61. The molecule has 1 unspecified atom stereocenters. The van der Waals surface area contributed by atoms with Gasteiger partial charge in [-0.3, -0.25) is 9.59 Å². The molecule has 0 spiro atoms. The number of carboxylic acids is 1. The SMILES string of the molecule is O=CNc1ccc2c(c1)CN(C(=O)NCCCc1ccc3c(n1)NCCC3)CCC2CC(=O)O. The van der Waals surface area contributed by atoms with E-state index in [-0.39, 0.29) is 18.4 Å². The van der Waals surface area contributed by atoms with Gasteiger partial charge in [0.15, 0.2) is 0 Å². The molecule has 2 aliphatic heterocycles. The number of anilines is 2. The lowest BCUT2D eigenvalue weighted by Gasteiger charge is -2.22. The average molecular weight is 466 g/mol. The number of carboxylic acid groups (broad SMARTS) is 1. The Morgan fingerprint density at radius 2 is 2.12 bits per heavy atom. The summed E-state index contributed by atoms with van der Waals surface area (Å²) in [6.45, 7) is 2.31. The van der Waals surface area contributed by atoms with E-state index in [1.165, 1.54) is 5.56 Å². The molecule has 9 nitrogen and oxygen atoms in total. The first-order chi connectivity index (χ1) is 16.5. The molecule has 1 aromatic carbocycles. The number of nitrogens with zero attached hydrogens (tertiary/aromatic N) is 2. The van der Waals surface area contributed by atoms with E-state index in [1.54, 1.807) is 11.0 Å². The number of urea groups is 1. The highest BCUT2D eigenvalue weighted by atomic mass is 16.4. The molecule has 3 amide bonds. The van der Waals surface area contributed by atoms with Gasteiger partial charge in [0.05, 0.1) is 6.42 Å². The summed E-state index contributed by atoms with van der Waals surface area (Å²) in [6.07, 6.45) is 4.92. The highest BCUT2D eigenvalue weighted by molar-refractivity contribution is 5.75. The van der Waals surface area contributed by atoms with Crippen molar-refractivity contribution in [3.8, 4) is 0 Å². The van der Waals surface area contributed by atoms with Crippen LogP contribution in [0.2, 0.25) is 0 Å². The Morgan fingerprint density at radius 1 is 1.24 bits per heavy atom. The van der Waals surface area contributed by atoms with Crippen molar-refractivity contribution in [2.24, 2.45) is 0 Å². The highest BCUT2D eigenvalue weighted by Gasteiger charge is 2.26. The van der Waals surface area contributed by atoms with Crippen LogP contribution in [0.1, 0.15) is 54.0 Å². The second kappa shape index (κ2) is 11.0. The Labute approximate surface area is 198 Å². The molecule has 2 aromatic rings. The number of carbonyl (C=O) groups is 3. The molecule has 3 heterocycles. The van der Waals surface area contributed by atoms with E-state index in [0.29, 0.717) is 38.2 Å². The molecule has 180 valence electrons. The number of hydrogen-bond acceptors (Lipinski definition) is 5. The predicted molar refractivity (Wildman–Crippen MR) is 129 cm³/mol. The van der Waals surface area contributed by atoms with E-state index in [9.17, 15) is 19.5 Å². The maximum atomic E-state index is 12.9. The van der Waals surface area contributed by atoms with E-state index in [0.717, 1.165) is 54.9 Å². The molecule has 1 atom stereocenters. The zero-order valence-corrected chi connectivity index (χ0v) is 19.2. The number of pyridine rings is 1. The van der Waals surface area contributed by atoms with Gasteiger partial charge in [0.1, 0.15) is 5.82 Å². The quantitative estimate of drug-likeness (QED) is 0.351. The van der Waals surface area contributed by atoms with Crippen molar-refractivity contribution in [1.29, 1.82) is 0 Å². The third-order valence-corrected chi connectivity index (χ3v) is 6.46. The zero-order chi connectivity index (χ0) is 23.9. The summed E-state index contributed by atoms with van der Waals surface area (Å²) in [5.41, 5.74) is 4.67. The maximum Gasteiger partial charge on any atom is 0.317 e. The lowest BCUT2D eigenvalue weighted by atomic mass is 9.90. The standard InChI is InChI=1S/C25H31N5O4/c31-16-28-21-7-8-22-18(14-23(32)33)9-12-30(15-19(22)13-21)25(34)27-11-2-4-20-6-5-17-3-1-10-26-24(17)29-20/h5-8,13,16,18H,1-4,9-12,14-15H2,(H,26,29)(H,27,34)(H,28,31)(H,32,33). The smallest absolute Gasteiger partial charge is 0.317 e. The number of nitrogens with one attached hydrogen (secondary N) is 3. The van der Waals surface area contributed by atoms with Gasteiger partial charge in [0.25, 0.3) is 0 Å². The third kappa shape index (κ3) is 5.84. The van der Waals surface area contributed by atoms with E-state index < -0.39 is 5.97 Å². The van der Waals surface area contributed by atoms with Crippen LogP contribution >= 0.6 is 0 Å². The fraction of sp³-hybridized carbons (Fsp3) is 0.440. The topological polar surface area (TPSA) is 124 Å². The van der Waals surface area contributed by atoms with Gasteiger partial charge in [-0.1, -0.05) is 12.1 Å². The largest absolute Gasteiger partial charge is 0.481 e. The number of benzene rings is 1. The van der Waals surface area contributed by atoms with Gasteiger partial charge >= 0.3 is 12.0 Å². The van der Waals surface area contributed by atoms with E-state index in [1.807, 2.05) is 12.1 Å². The van der Waals surface area contributed by atoms with Gasteiger partial charge in [-0.05, 0) is 72.9 Å². The van der Waals surface area contributed by atoms with Gasteiger partial charge in [-0.2, -0.15) is 0 Å². The molecule has 0 saturated carbocycles. The molecule has 1 aromatic heterocycles. The molecule has 34 heavy (non-hydrogen) atoms. The normalized spacial score (nSPS) is 16.9. The molecule has 0 saturated heterocycles. The van der Waals surface area contributed by atoms with Crippen molar-refractivity contribution in [2.75, 3.05) is 30.3 Å². The van der Waals surface area contributed by atoms with Crippen LogP contribution in [-0.2, 0) is 29.0 Å². The van der Waals surface area contributed by atoms with Gasteiger partial charge < -0.3 is 26.0 Å². The number of carbonyl (C=O) groups excluding carboxylic acids is 2. The number of aromatic nitrogens is 1. The van der Waals surface area contributed by atoms with Gasteiger partial charge in [-0.15, -0.1) is 0 Å².